The van der Waals surface area contributed by atoms with E-state index in [1.54, 1.807) is 18.2 Å². The molecule has 4 nitrogen and oxygen atoms in total. The molecule has 1 aliphatic rings. The van der Waals surface area contributed by atoms with E-state index < -0.39 is 5.82 Å². The first-order chi connectivity index (χ1) is 12.8. The minimum absolute atomic E-state index is 0.129. The molecule has 0 fully saturated rings. The van der Waals surface area contributed by atoms with Gasteiger partial charge < -0.3 is 5.32 Å². The third-order valence-electron chi connectivity index (χ3n) is 4.30. The van der Waals surface area contributed by atoms with Crippen LogP contribution in [0.15, 0.2) is 48.2 Å². The van der Waals surface area contributed by atoms with Crippen molar-refractivity contribution in [2.45, 2.75) is 20.8 Å². The van der Waals surface area contributed by atoms with Crippen LogP contribution in [0.5, 0.6) is 0 Å². The first-order valence-corrected chi connectivity index (χ1v) is 9.05. The van der Waals surface area contributed by atoms with Gasteiger partial charge >= 0.3 is 0 Å². The van der Waals surface area contributed by atoms with Crippen molar-refractivity contribution in [2.24, 2.45) is 5.92 Å². The number of halogens is 2. The smallest absolute Gasteiger partial charge is 0.278 e. The van der Waals surface area contributed by atoms with Crippen molar-refractivity contribution in [1.82, 2.24) is 4.90 Å². The summed E-state index contributed by atoms with van der Waals surface area (Å²) in [5, 5.41) is 3.68. The molecule has 140 valence electrons. The fraction of sp³-hybridized carbons (Fsp3) is 0.238. The fourth-order valence-electron chi connectivity index (χ4n) is 3.01. The summed E-state index contributed by atoms with van der Waals surface area (Å²) < 4.78 is 13.3. The average Bonchev–Trinajstić information content (AvgIpc) is 2.82. The maximum Gasteiger partial charge on any atom is 0.278 e. The molecular formula is C21H20ClFN2O2. The Labute approximate surface area is 162 Å². The van der Waals surface area contributed by atoms with E-state index >= 15 is 0 Å². The summed E-state index contributed by atoms with van der Waals surface area (Å²) in [5.41, 5.74) is 2.46. The van der Waals surface area contributed by atoms with Crippen LogP contribution < -0.4 is 5.32 Å². The average molecular weight is 387 g/mol. The number of carbonyl (C=O) groups is 2. The minimum Gasteiger partial charge on any atom is -0.350 e. The van der Waals surface area contributed by atoms with Crippen molar-refractivity contribution in [3.05, 3.63) is 70.1 Å². The van der Waals surface area contributed by atoms with Crippen LogP contribution in [0, 0.1) is 18.7 Å². The number of anilines is 1. The molecule has 0 bridgehead atoms. The monoisotopic (exact) mass is 386 g/mol. The van der Waals surface area contributed by atoms with Crippen LogP contribution in [0.4, 0.5) is 10.1 Å². The Balaban J connectivity index is 2.08. The van der Waals surface area contributed by atoms with Gasteiger partial charge in [0.2, 0.25) is 0 Å². The molecule has 0 aliphatic carbocycles. The van der Waals surface area contributed by atoms with E-state index in [9.17, 15) is 14.0 Å². The van der Waals surface area contributed by atoms with Crippen LogP contribution in [0.25, 0.3) is 5.57 Å². The van der Waals surface area contributed by atoms with Crippen molar-refractivity contribution in [1.29, 1.82) is 0 Å². The van der Waals surface area contributed by atoms with E-state index in [0.29, 0.717) is 22.8 Å². The minimum atomic E-state index is -0.404. The number of nitrogens with zero attached hydrogens (tertiary/aromatic N) is 1. The zero-order chi connectivity index (χ0) is 19.7. The number of imide groups is 1. The van der Waals surface area contributed by atoms with Crippen LogP contribution in [0.2, 0.25) is 5.02 Å². The lowest BCUT2D eigenvalue weighted by molar-refractivity contribution is -0.137. The van der Waals surface area contributed by atoms with Gasteiger partial charge in [0.1, 0.15) is 11.5 Å². The number of rotatable bonds is 5. The van der Waals surface area contributed by atoms with Gasteiger partial charge in [-0.3, -0.25) is 14.5 Å². The fourth-order valence-corrected chi connectivity index (χ4v) is 3.24. The molecule has 6 heteroatoms. The lowest BCUT2D eigenvalue weighted by Crippen LogP contribution is -2.35. The summed E-state index contributed by atoms with van der Waals surface area (Å²) in [6.07, 6.45) is 0. The number of benzene rings is 2. The summed E-state index contributed by atoms with van der Waals surface area (Å²) in [5.74, 6) is -1.04. The van der Waals surface area contributed by atoms with Gasteiger partial charge in [0, 0.05) is 17.3 Å². The summed E-state index contributed by atoms with van der Waals surface area (Å²) >= 11 is 6.00. The van der Waals surface area contributed by atoms with E-state index in [1.165, 1.54) is 29.2 Å². The summed E-state index contributed by atoms with van der Waals surface area (Å²) in [6.45, 7) is 6.05. The molecular weight excluding hydrogens is 367 g/mol. The normalized spacial score (nSPS) is 14.5. The lowest BCUT2D eigenvalue weighted by Gasteiger charge is -2.17. The van der Waals surface area contributed by atoms with Crippen LogP contribution in [0.1, 0.15) is 25.0 Å². The number of aryl methyl sites for hydroxylation is 1. The molecule has 2 amide bonds. The molecule has 3 rings (SSSR count). The molecule has 2 aromatic carbocycles. The quantitative estimate of drug-likeness (QED) is 0.762. The van der Waals surface area contributed by atoms with Gasteiger partial charge in [0.25, 0.3) is 11.8 Å². The zero-order valence-corrected chi connectivity index (χ0v) is 16.1. The van der Waals surface area contributed by atoms with Crippen molar-refractivity contribution in [3.8, 4) is 0 Å². The third kappa shape index (κ3) is 3.88. The second kappa shape index (κ2) is 7.53. The first-order valence-electron chi connectivity index (χ1n) is 8.67. The molecule has 0 spiro atoms. The van der Waals surface area contributed by atoms with E-state index in [-0.39, 0.29) is 29.0 Å². The molecule has 0 saturated heterocycles. The number of nitrogens with one attached hydrogen (secondary N) is 1. The summed E-state index contributed by atoms with van der Waals surface area (Å²) in [7, 11) is 0. The van der Waals surface area contributed by atoms with Gasteiger partial charge in [0.05, 0.1) is 5.57 Å². The summed E-state index contributed by atoms with van der Waals surface area (Å²) in [4.78, 5) is 27.2. The topological polar surface area (TPSA) is 49.4 Å². The Morgan fingerprint density at radius 2 is 1.74 bits per heavy atom. The van der Waals surface area contributed by atoms with E-state index in [0.717, 1.165) is 5.56 Å². The number of hydrogen-bond donors (Lipinski definition) is 1. The van der Waals surface area contributed by atoms with Crippen LogP contribution in [0.3, 0.4) is 0 Å². The Morgan fingerprint density at radius 1 is 1.07 bits per heavy atom. The predicted octanol–water partition coefficient (Wildman–Crippen LogP) is 4.64. The van der Waals surface area contributed by atoms with Crippen molar-refractivity contribution in [2.75, 3.05) is 11.9 Å². The maximum absolute atomic E-state index is 13.3. The first kappa shape index (κ1) is 19.1. The van der Waals surface area contributed by atoms with Gasteiger partial charge in [-0.1, -0.05) is 37.6 Å². The molecule has 2 aromatic rings. The standard InChI is InChI=1S/C21H20ClFN2O2/c1-12(2)11-25-20(26)18(14-4-7-16(23)8-5-14)19(21(25)27)24-17-9-6-15(22)10-13(17)3/h4-10,12,24H,11H2,1-3H3. The van der Waals surface area contributed by atoms with Crippen molar-refractivity contribution >= 4 is 34.7 Å². The van der Waals surface area contributed by atoms with Gasteiger partial charge in [-0.05, 0) is 54.3 Å². The predicted molar refractivity (Wildman–Crippen MR) is 105 cm³/mol. The maximum atomic E-state index is 13.3. The highest BCUT2D eigenvalue weighted by Gasteiger charge is 2.39. The van der Waals surface area contributed by atoms with Gasteiger partial charge in [-0.15, -0.1) is 0 Å². The lowest BCUT2D eigenvalue weighted by atomic mass is 10.0. The van der Waals surface area contributed by atoms with Crippen LogP contribution in [-0.4, -0.2) is 23.3 Å². The molecule has 0 aromatic heterocycles. The van der Waals surface area contributed by atoms with Gasteiger partial charge in [-0.25, -0.2) is 4.39 Å². The Hall–Kier alpha value is -2.66. The molecule has 0 atom stereocenters. The number of carbonyl (C=O) groups excluding carboxylic acids is 2. The highest BCUT2D eigenvalue weighted by Crippen LogP contribution is 2.32. The molecule has 1 N–H and O–H groups in total. The highest BCUT2D eigenvalue weighted by molar-refractivity contribution is 6.36. The van der Waals surface area contributed by atoms with Crippen LogP contribution >= 0.6 is 11.6 Å². The zero-order valence-electron chi connectivity index (χ0n) is 15.3. The van der Waals surface area contributed by atoms with Crippen molar-refractivity contribution in [3.63, 3.8) is 0 Å². The van der Waals surface area contributed by atoms with Crippen LogP contribution in [-0.2, 0) is 9.59 Å². The molecule has 0 saturated carbocycles. The number of amides is 2. The molecule has 27 heavy (non-hydrogen) atoms. The third-order valence-corrected chi connectivity index (χ3v) is 4.53. The van der Waals surface area contributed by atoms with Gasteiger partial charge in [0.15, 0.2) is 0 Å². The van der Waals surface area contributed by atoms with E-state index in [4.69, 9.17) is 11.6 Å². The summed E-state index contributed by atoms with van der Waals surface area (Å²) in [6, 6.07) is 10.8. The Morgan fingerprint density at radius 3 is 2.33 bits per heavy atom. The van der Waals surface area contributed by atoms with E-state index in [1.807, 2.05) is 20.8 Å². The Bertz CT molecular complexity index is 936. The molecule has 0 radical (unpaired) electrons. The second-order valence-corrected chi connectivity index (χ2v) is 7.39. The van der Waals surface area contributed by atoms with Gasteiger partial charge in [-0.2, -0.15) is 0 Å². The SMILES string of the molecule is Cc1cc(Cl)ccc1NC1=C(c2ccc(F)cc2)C(=O)N(CC(C)C)C1=O. The molecule has 1 heterocycles. The second-order valence-electron chi connectivity index (χ2n) is 6.96. The Kier molecular flexibility index (Phi) is 5.33. The van der Waals surface area contributed by atoms with Crippen molar-refractivity contribution < 1.29 is 14.0 Å². The largest absolute Gasteiger partial charge is 0.350 e. The molecule has 0 unspecified atom stereocenters. The highest BCUT2D eigenvalue weighted by atomic mass is 35.5. The van der Waals surface area contributed by atoms with E-state index in [2.05, 4.69) is 5.32 Å². The number of hydrogen-bond acceptors (Lipinski definition) is 3. The molecule has 1 aliphatic heterocycles.